The van der Waals surface area contributed by atoms with Crippen LogP contribution in [-0.4, -0.2) is 18.2 Å². The van der Waals surface area contributed by atoms with Gasteiger partial charge < -0.3 is 9.84 Å². The van der Waals surface area contributed by atoms with Crippen molar-refractivity contribution in [3.8, 4) is 5.75 Å². The molecule has 2 rings (SSSR count). The molecule has 0 bridgehead atoms. The smallest absolute Gasteiger partial charge is 0.314 e. The summed E-state index contributed by atoms with van der Waals surface area (Å²) >= 11 is 0. The van der Waals surface area contributed by atoms with Gasteiger partial charge >= 0.3 is 5.97 Å². The number of methoxy groups -OCH3 is 1. The Kier molecular flexibility index (Phi) is 4.08. The van der Waals surface area contributed by atoms with Crippen LogP contribution in [0.2, 0.25) is 0 Å². The Labute approximate surface area is 118 Å². The van der Waals surface area contributed by atoms with E-state index in [0.717, 1.165) is 11.1 Å². The summed E-state index contributed by atoms with van der Waals surface area (Å²) in [4.78, 5) is 11.8. The normalized spacial score (nSPS) is 13.5. The standard InChI is InChI=1S/C17H18O3/c1-17(16(18)19,12-13-7-4-3-5-8-13)14-9-6-10-15(11-14)20-2/h3-11H,12H2,1-2H3,(H,18,19). The molecular formula is C17H18O3. The molecule has 0 aliphatic heterocycles. The van der Waals surface area contributed by atoms with Gasteiger partial charge in [0, 0.05) is 0 Å². The maximum Gasteiger partial charge on any atom is 0.314 e. The summed E-state index contributed by atoms with van der Waals surface area (Å²) in [5, 5.41) is 9.67. The van der Waals surface area contributed by atoms with Crippen molar-refractivity contribution < 1.29 is 14.6 Å². The topological polar surface area (TPSA) is 46.5 Å². The van der Waals surface area contributed by atoms with Crippen LogP contribution in [0.15, 0.2) is 54.6 Å². The number of aliphatic carboxylic acids is 1. The third-order valence-corrected chi connectivity index (χ3v) is 3.58. The summed E-state index contributed by atoms with van der Waals surface area (Å²) in [5.41, 5.74) is 0.768. The van der Waals surface area contributed by atoms with Gasteiger partial charge in [0.2, 0.25) is 0 Å². The Balaban J connectivity index is 2.41. The van der Waals surface area contributed by atoms with Crippen LogP contribution in [0.5, 0.6) is 5.75 Å². The van der Waals surface area contributed by atoms with E-state index < -0.39 is 11.4 Å². The second kappa shape index (κ2) is 5.78. The third-order valence-electron chi connectivity index (χ3n) is 3.58. The Morgan fingerprint density at radius 1 is 1.15 bits per heavy atom. The fourth-order valence-corrected chi connectivity index (χ4v) is 2.27. The Morgan fingerprint density at radius 2 is 1.85 bits per heavy atom. The maximum absolute atomic E-state index is 11.8. The summed E-state index contributed by atoms with van der Waals surface area (Å²) in [5.74, 6) is -0.169. The lowest BCUT2D eigenvalue weighted by atomic mass is 9.77. The fraction of sp³-hybridized carbons (Fsp3) is 0.235. The van der Waals surface area contributed by atoms with E-state index in [-0.39, 0.29) is 0 Å². The molecule has 0 aromatic heterocycles. The number of hydrogen-bond donors (Lipinski definition) is 1. The zero-order valence-corrected chi connectivity index (χ0v) is 11.7. The van der Waals surface area contributed by atoms with E-state index >= 15 is 0 Å². The van der Waals surface area contributed by atoms with Gasteiger partial charge in [0.25, 0.3) is 0 Å². The second-order valence-corrected chi connectivity index (χ2v) is 5.03. The van der Waals surface area contributed by atoms with Crippen molar-refractivity contribution >= 4 is 5.97 Å². The predicted molar refractivity (Wildman–Crippen MR) is 78.1 cm³/mol. The van der Waals surface area contributed by atoms with E-state index in [0.29, 0.717) is 12.2 Å². The van der Waals surface area contributed by atoms with Crippen LogP contribution in [0, 0.1) is 0 Å². The first-order valence-electron chi connectivity index (χ1n) is 6.48. The van der Waals surface area contributed by atoms with Crippen LogP contribution >= 0.6 is 0 Å². The van der Waals surface area contributed by atoms with E-state index in [1.807, 2.05) is 48.5 Å². The first kappa shape index (κ1) is 14.1. The van der Waals surface area contributed by atoms with Crippen molar-refractivity contribution in [2.45, 2.75) is 18.8 Å². The summed E-state index contributed by atoms with van der Waals surface area (Å²) in [7, 11) is 1.58. The molecule has 0 spiro atoms. The average Bonchev–Trinajstić information content (AvgIpc) is 2.48. The van der Waals surface area contributed by atoms with Gasteiger partial charge in [-0.25, -0.2) is 0 Å². The largest absolute Gasteiger partial charge is 0.497 e. The molecule has 104 valence electrons. The highest BCUT2D eigenvalue weighted by Crippen LogP contribution is 2.30. The minimum atomic E-state index is -0.976. The Bertz CT molecular complexity index is 592. The molecule has 1 N–H and O–H groups in total. The Hall–Kier alpha value is -2.29. The number of rotatable bonds is 5. The van der Waals surface area contributed by atoms with Crippen molar-refractivity contribution in [2.24, 2.45) is 0 Å². The van der Waals surface area contributed by atoms with Crippen LogP contribution in [0.4, 0.5) is 0 Å². The van der Waals surface area contributed by atoms with Gasteiger partial charge in [-0.1, -0.05) is 42.5 Å². The SMILES string of the molecule is COc1cccc(C(C)(Cc2ccccc2)C(=O)O)c1. The summed E-state index contributed by atoms with van der Waals surface area (Å²) < 4.78 is 5.19. The minimum Gasteiger partial charge on any atom is -0.497 e. The van der Waals surface area contributed by atoms with Crippen LogP contribution in [0.1, 0.15) is 18.1 Å². The molecule has 2 aromatic carbocycles. The molecule has 0 saturated carbocycles. The van der Waals surface area contributed by atoms with Gasteiger partial charge in [-0.2, -0.15) is 0 Å². The molecule has 0 saturated heterocycles. The van der Waals surface area contributed by atoms with E-state index in [1.54, 1.807) is 20.1 Å². The lowest BCUT2D eigenvalue weighted by Crippen LogP contribution is -2.34. The molecule has 0 radical (unpaired) electrons. The van der Waals surface area contributed by atoms with Crippen molar-refractivity contribution in [3.05, 3.63) is 65.7 Å². The maximum atomic E-state index is 11.8. The zero-order chi connectivity index (χ0) is 14.6. The monoisotopic (exact) mass is 270 g/mol. The minimum absolute atomic E-state index is 0.441. The number of carboxylic acids is 1. The highest BCUT2D eigenvalue weighted by Gasteiger charge is 2.35. The van der Waals surface area contributed by atoms with Gasteiger partial charge in [-0.3, -0.25) is 4.79 Å². The average molecular weight is 270 g/mol. The first-order chi connectivity index (χ1) is 9.56. The van der Waals surface area contributed by atoms with Crippen LogP contribution < -0.4 is 4.74 Å². The lowest BCUT2D eigenvalue weighted by Gasteiger charge is -2.26. The third kappa shape index (κ3) is 2.82. The predicted octanol–water partition coefficient (Wildman–Crippen LogP) is 3.28. The quantitative estimate of drug-likeness (QED) is 0.907. The number of carbonyl (C=O) groups is 1. The molecule has 3 heteroatoms. The molecule has 0 aliphatic rings. The van der Waals surface area contributed by atoms with E-state index in [1.165, 1.54) is 0 Å². The summed E-state index contributed by atoms with van der Waals surface area (Å²) in [6.07, 6.45) is 0.441. The van der Waals surface area contributed by atoms with Gasteiger partial charge in [-0.15, -0.1) is 0 Å². The van der Waals surface area contributed by atoms with Crippen LogP contribution in [0.25, 0.3) is 0 Å². The second-order valence-electron chi connectivity index (χ2n) is 5.03. The molecule has 0 aliphatic carbocycles. The molecule has 3 nitrogen and oxygen atoms in total. The van der Waals surface area contributed by atoms with Crippen LogP contribution in [-0.2, 0) is 16.6 Å². The number of carboxylic acid groups (broad SMARTS) is 1. The van der Waals surface area contributed by atoms with Gasteiger partial charge in [0.15, 0.2) is 0 Å². The highest BCUT2D eigenvalue weighted by molar-refractivity contribution is 5.81. The van der Waals surface area contributed by atoms with Crippen molar-refractivity contribution in [2.75, 3.05) is 7.11 Å². The molecule has 0 fully saturated rings. The number of ether oxygens (including phenoxy) is 1. The van der Waals surface area contributed by atoms with E-state index in [4.69, 9.17) is 4.74 Å². The van der Waals surface area contributed by atoms with E-state index in [9.17, 15) is 9.90 Å². The fourth-order valence-electron chi connectivity index (χ4n) is 2.27. The van der Waals surface area contributed by atoms with Crippen molar-refractivity contribution in [1.29, 1.82) is 0 Å². The molecular weight excluding hydrogens is 252 g/mol. The van der Waals surface area contributed by atoms with Gasteiger partial charge in [0.05, 0.1) is 12.5 Å². The molecule has 0 heterocycles. The summed E-state index contributed by atoms with van der Waals surface area (Å²) in [6.45, 7) is 1.75. The Morgan fingerprint density at radius 3 is 2.45 bits per heavy atom. The van der Waals surface area contributed by atoms with Crippen molar-refractivity contribution in [1.82, 2.24) is 0 Å². The zero-order valence-electron chi connectivity index (χ0n) is 11.7. The highest BCUT2D eigenvalue weighted by atomic mass is 16.5. The molecule has 20 heavy (non-hydrogen) atoms. The molecule has 2 aromatic rings. The van der Waals surface area contributed by atoms with Crippen molar-refractivity contribution in [3.63, 3.8) is 0 Å². The van der Waals surface area contributed by atoms with Gasteiger partial charge in [-0.05, 0) is 36.6 Å². The number of benzene rings is 2. The number of hydrogen-bond acceptors (Lipinski definition) is 2. The molecule has 1 unspecified atom stereocenters. The lowest BCUT2D eigenvalue weighted by molar-refractivity contribution is -0.143. The molecule has 0 amide bonds. The summed E-state index contributed by atoms with van der Waals surface area (Å²) in [6, 6.07) is 16.9. The van der Waals surface area contributed by atoms with Crippen LogP contribution in [0.3, 0.4) is 0 Å². The first-order valence-corrected chi connectivity index (χ1v) is 6.48. The molecule has 1 atom stereocenters. The van der Waals surface area contributed by atoms with E-state index in [2.05, 4.69) is 0 Å². The van der Waals surface area contributed by atoms with Gasteiger partial charge in [0.1, 0.15) is 5.75 Å².